The topological polar surface area (TPSA) is 60.7 Å². The highest BCUT2D eigenvalue weighted by Crippen LogP contribution is 2.63. The molecule has 5 heteroatoms. The lowest BCUT2D eigenvalue weighted by Gasteiger charge is -2.53. The van der Waals surface area contributed by atoms with E-state index in [2.05, 4.69) is 31.2 Å². The van der Waals surface area contributed by atoms with Crippen LogP contribution in [0.1, 0.15) is 88.7 Å². The standard InChI is InChI=1S/C29H39NO4/c1-28-12-13-29(19-30)23-11-9-21(33-26-6-2-4-14-31-26)16-20(23)8-10-24(29)25(28)17-22(18-28)34-27-7-3-5-15-32-27/h9,11,16,22,24-27H,2-8,10,12-15,17-18H2,1H3/t22-,24+,25+,26?,27?,28-,29+/m1/s1. The summed E-state index contributed by atoms with van der Waals surface area (Å²) in [5, 5.41) is 10.6. The number of fused-ring (bicyclic) bond motifs is 5. The molecule has 4 fully saturated rings. The van der Waals surface area contributed by atoms with Crippen LogP contribution >= 0.6 is 0 Å². The van der Waals surface area contributed by atoms with Gasteiger partial charge in [-0.15, -0.1) is 0 Å². The van der Waals surface area contributed by atoms with Gasteiger partial charge in [-0.2, -0.15) is 5.26 Å². The van der Waals surface area contributed by atoms with Gasteiger partial charge in [0, 0.05) is 13.0 Å². The summed E-state index contributed by atoms with van der Waals surface area (Å²) in [4.78, 5) is 0. The fourth-order valence-electron chi connectivity index (χ4n) is 7.94. The first-order chi connectivity index (χ1) is 16.6. The summed E-state index contributed by atoms with van der Waals surface area (Å²) in [6.07, 6.45) is 13.0. The molecule has 34 heavy (non-hydrogen) atoms. The number of hydrogen-bond acceptors (Lipinski definition) is 5. The van der Waals surface area contributed by atoms with Gasteiger partial charge >= 0.3 is 0 Å². The first-order valence-corrected chi connectivity index (χ1v) is 13.7. The van der Waals surface area contributed by atoms with E-state index in [1.165, 1.54) is 17.5 Å². The maximum absolute atomic E-state index is 10.6. The predicted octanol–water partition coefficient (Wildman–Crippen LogP) is 6.04. The maximum Gasteiger partial charge on any atom is 0.199 e. The molecule has 2 saturated heterocycles. The Balaban J connectivity index is 1.22. The minimum Gasteiger partial charge on any atom is -0.465 e. The third kappa shape index (κ3) is 3.96. The van der Waals surface area contributed by atoms with Crippen LogP contribution in [-0.4, -0.2) is 31.9 Å². The van der Waals surface area contributed by atoms with Crippen LogP contribution in [0.15, 0.2) is 18.2 Å². The highest BCUT2D eigenvalue weighted by Gasteiger charge is 2.60. The molecule has 0 amide bonds. The van der Waals surface area contributed by atoms with Crippen molar-refractivity contribution >= 4 is 0 Å². The molecule has 0 N–H and O–H groups in total. The van der Waals surface area contributed by atoms with Crippen molar-refractivity contribution in [3.05, 3.63) is 29.3 Å². The Morgan fingerprint density at radius 2 is 1.76 bits per heavy atom. The quantitative estimate of drug-likeness (QED) is 0.543. The zero-order valence-corrected chi connectivity index (χ0v) is 20.6. The summed E-state index contributed by atoms with van der Waals surface area (Å²) in [7, 11) is 0. The first-order valence-electron chi connectivity index (χ1n) is 13.7. The minimum atomic E-state index is -0.381. The molecule has 1 aromatic rings. The van der Waals surface area contributed by atoms with Crippen LogP contribution in [0.3, 0.4) is 0 Å². The highest BCUT2D eigenvalue weighted by molar-refractivity contribution is 5.47. The first kappa shape index (κ1) is 22.8. The number of nitriles is 1. The Hall–Kier alpha value is -1.61. The zero-order valence-electron chi connectivity index (χ0n) is 20.6. The molecule has 5 aliphatic rings. The fourth-order valence-corrected chi connectivity index (χ4v) is 7.94. The second kappa shape index (κ2) is 9.12. The molecule has 3 aliphatic carbocycles. The van der Waals surface area contributed by atoms with E-state index in [9.17, 15) is 5.26 Å². The zero-order chi connectivity index (χ0) is 23.2. The van der Waals surface area contributed by atoms with Gasteiger partial charge in [0.1, 0.15) is 5.75 Å². The van der Waals surface area contributed by atoms with E-state index >= 15 is 0 Å². The summed E-state index contributed by atoms with van der Waals surface area (Å²) in [5.74, 6) is 1.83. The average molecular weight is 466 g/mol. The minimum absolute atomic E-state index is 0.0260. The SMILES string of the molecule is C[C@]12CC[C@]3(C#N)c4ccc(OC5CCCCO5)cc4CC[C@H]3[C@@H]1C[C@@H](OC1CCCCO1)C2. The van der Waals surface area contributed by atoms with E-state index in [0.717, 1.165) is 89.6 Å². The van der Waals surface area contributed by atoms with Gasteiger partial charge in [-0.25, -0.2) is 0 Å². The number of nitrogens with zero attached hydrogens (tertiary/aromatic N) is 1. The van der Waals surface area contributed by atoms with Crippen LogP contribution < -0.4 is 4.74 Å². The second-order valence-corrected chi connectivity index (χ2v) is 11.7. The van der Waals surface area contributed by atoms with Gasteiger partial charge in [0.2, 0.25) is 0 Å². The van der Waals surface area contributed by atoms with Crippen molar-refractivity contribution < 1.29 is 18.9 Å². The molecule has 6 rings (SSSR count). The highest BCUT2D eigenvalue weighted by atomic mass is 16.7. The number of rotatable bonds is 4. The Bertz CT molecular complexity index is 931. The monoisotopic (exact) mass is 465 g/mol. The fraction of sp³-hybridized carbons (Fsp3) is 0.759. The summed E-state index contributed by atoms with van der Waals surface area (Å²) in [6, 6.07) is 9.34. The van der Waals surface area contributed by atoms with E-state index in [-0.39, 0.29) is 29.5 Å². The van der Waals surface area contributed by atoms with Crippen molar-refractivity contribution in [2.24, 2.45) is 17.3 Å². The third-order valence-electron chi connectivity index (χ3n) is 9.68. The van der Waals surface area contributed by atoms with Gasteiger partial charge in [0.05, 0.1) is 24.2 Å². The van der Waals surface area contributed by atoms with Crippen molar-refractivity contribution in [2.75, 3.05) is 13.2 Å². The molecule has 2 saturated carbocycles. The van der Waals surface area contributed by atoms with Gasteiger partial charge in [-0.1, -0.05) is 13.0 Å². The summed E-state index contributed by atoms with van der Waals surface area (Å²) < 4.78 is 24.3. The van der Waals surface area contributed by atoms with Gasteiger partial charge in [-0.3, -0.25) is 0 Å². The van der Waals surface area contributed by atoms with Gasteiger partial charge in [-0.05, 0) is 111 Å². The molecule has 0 aromatic heterocycles. The molecular formula is C29H39NO4. The van der Waals surface area contributed by atoms with Crippen LogP contribution in [-0.2, 0) is 26.0 Å². The summed E-state index contributed by atoms with van der Waals surface area (Å²) in [5.41, 5.74) is 2.44. The molecule has 0 radical (unpaired) electrons. The Morgan fingerprint density at radius 3 is 2.50 bits per heavy atom. The lowest BCUT2D eigenvalue weighted by atomic mass is 9.49. The predicted molar refractivity (Wildman–Crippen MR) is 128 cm³/mol. The largest absolute Gasteiger partial charge is 0.465 e. The lowest BCUT2D eigenvalue weighted by Crippen LogP contribution is -2.50. The summed E-state index contributed by atoms with van der Waals surface area (Å²) in [6.45, 7) is 4.07. The van der Waals surface area contributed by atoms with Gasteiger partial charge < -0.3 is 18.9 Å². The van der Waals surface area contributed by atoms with Crippen molar-refractivity contribution in [1.29, 1.82) is 5.26 Å². The van der Waals surface area contributed by atoms with E-state index in [1.54, 1.807) is 0 Å². The van der Waals surface area contributed by atoms with Crippen LogP contribution in [0.25, 0.3) is 0 Å². The molecule has 2 aliphatic heterocycles. The third-order valence-corrected chi connectivity index (χ3v) is 9.68. The molecular weight excluding hydrogens is 426 g/mol. The van der Waals surface area contributed by atoms with Crippen molar-refractivity contribution in [3.63, 3.8) is 0 Å². The van der Waals surface area contributed by atoms with Gasteiger partial charge in [0.15, 0.2) is 12.6 Å². The smallest absolute Gasteiger partial charge is 0.199 e. The van der Waals surface area contributed by atoms with E-state index in [4.69, 9.17) is 18.9 Å². The number of benzene rings is 1. The molecule has 0 spiro atoms. The van der Waals surface area contributed by atoms with Crippen LogP contribution in [0.4, 0.5) is 0 Å². The Labute approximate surface area is 204 Å². The average Bonchev–Trinajstić information content (AvgIpc) is 3.20. The van der Waals surface area contributed by atoms with Crippen LogP contribution in [0.2, 0.25) is 0 Å². The number of aryl methyl sites for hydroxylation is 1. The Kier molecular flexibility index (Phi) is 6.12. The normalized spacial score (nSPS) is 41.6. The van der Waals surface area contributed by atoms with E-state index in [0.29, 0.717) is 11.8 Å². The van der Waals surface area contributed by atoms with Crippen LogP contribution in [0.5, 0.6) is 5.75 Å². The number of hydrogen-bond donors (Lipinski definition) is 0. The van der Waals surface area contributed by atoms with Crippen molar-refractivity contribution in [2.45, 2.75) is 108 Å². The lowest BCUT2D eigenvalue weighted by molar-refractivity contribution is -0.188. The second-order valence-electron chi connectivity index (χ2n) is 11.7. The molecule has 2 unspecified atom stereocenters. The molecule has 2 heterocycles. The molecule has 7 atom stereocenters. The van der Waals surface area contributed by atoms with E-state index < -0.39 is 0 Å². The number of ether oxygens (including phenoxy) is 4. The van der Waals surface area contributed by atoms with Crippen LogP contribution in [0, 0.1) is 28.6 Å². The van der Waals surface area contributed by atoms with Crippen molar-refractivity contribution in [3.8, 4) is 11.8 Å². The molecule has 5 nitrogen and oxygen atoms in total. The van der Waals surface area contributed by atoms with Crippen molar-refractivity contribution in [1.82, 2.24) is 0 Å². The molecule has 184 valence electrons. The summed E-state index contributed by atoms with van der Waals surface area (Å²) >= 11 is 0. The van der Waals surface area contributed by atoms with Gasteiger partial charge in [0.25, 0.3) is 0 Å². The Morgan fingerprint density at radius 1 is 0.971 bits per heavy atom. The van der Waals surface area contributed by atoms with E-state index in [1.807, 2.05) is 0 Å². The molecule has 0 bridgehead atoms. The molecule has 1 aromatic carbocycles. The maximum atomic E-state index is 10.6.